The van der Waals surface area contributed by atoms with Crippen LogP contribution in [0.1, 0.15) is 44.7 Å². The first kappa shape index (κ1) is 16.5. The maximum atomic E-state index is 3.46. The first-order valence-electron chi connectivity index (χ1n) is 8.68. The van der Waals surface area contributed by atoms with Crippen LogP contribution in [0.3, 0.4) is 0 Å². The Morgan fingerprint density at radius 1 is 1.10 bits per heavy atom. The van der Waals surface area contributed by atoms with E-state index in [1.54, 1.807) is 0 Å². The average Bonchev–Trinajstić information content (AvgIpc) is 2.49. The summed E-state index contributed by atoms with van der Waals surface area (Å²) in [6.07, 6.45) is 3.86. The summed E-state index contributed by atoms with van der Waals surface area (Å²) < 4.78 is 0. The van der Waals surface area contributed by atoms with Crippen LogP contribution in [0.15, 0.2) is 24.3 Å². The molecular formula is C19H32N2. The molecule has 2 heteroatoms. The van der Waals surface area contributed by atoms with Gasteiger partial charge in [-0.15, -0.1) is 0 Å². The van der Waals surface area contributed by atoms with Crippen molar-refractivity contribution in [2.45, 2.75) is 46.6 Å². The third-order valence-electron chi connectivity index (χ3n) is 4.50. The monoisotopic (exact) mass is 288 g/mol. The summed E-state index contributed by atoms with van der Waals surface area (Å²) in [6, 6.07) is 9.27. The van der Waals surface area contributed by atoms with Crippen LogP contribution in [-0.2, 0) is 13.0 Å². The highest BCUT2D eigenvalue weighted by atomic mass is 15.1. The molecule has 1 aromatic carbocycles. The van der Waals surface area contributed by atoms with Gasteiger partial charge in [-0.3, -0.25) is 4.90 Å². The first-order valence-corrected chi connectivity index (χ1v) is 8.68. The highest BCUT2D eigenvalue weighted by Crippen LogP contribution is 2.16. The number of hydrogen-bond donors (Lipinski definition) is 1. The van der Waals surface area contributed by atoms with Crippen molar-refractivity contribution in [3.05, 3.63) is 35.4 Å². The second-order valence-corrected chi connectivity index (χ2v) is 6.94. The lowest BCUT2D eigenvalue weighted by Gasteiger charge is -2.29. The van der Waals surface area contributed by atoms with Crippen LogP contribution in [-0.4, -0.2) is 31.1 Å². The van der Waals surface area contributed by atoms with Gasteiger partial charge < -0.3 is 5.32 Å². The van der Waals surface area contributed by atoms with Gasteiger partial charge >= 0.3 is 0 Å². The smallest absolute Gasteiger partial charge is 0.0233 e. The summed E-state index contributed by atoms with van der Waals surface area (Å²) in [4.78, 5) is 2.60. The summed E-state index contributed by atoms with van der Waals surface area (Å²) in [5.74, 6) is 1.62. The predicted molar refractivity (Wildman–Crippen MR) is 91.5 cm³/mol. The molecule has 1 aliphatic rings. The second kappa shape index (κ2) is 8.55. The van der Waals surface area contributed by atoms with E-state index in [0.29, 0.717) is 0 Å². The van der Waals surface area contributed by atoms with Crippen molar-refractivity contribution in [2.75, 3.05) is 26.2 Å². The van der Waals surface area contributed by atoms with Gasteiger partial charge in [-0.1, -0.05) is 45.0 Å². The summed E-state index contributed by atoms with van der Waals surface area (Å²) in [5.41, 5.74) is 2.92. The summed E-state index contributed by atoms with van der Waals surface area (Å²) in [7, 11) is 0. The van der Waals surface area contributed by atoms with E-state index in [1.165, 1.54) is 50.0 Å². The summed E-state index contributed by atoms with van der Waals surface area (Å²) in [6.45, 7) is 12.8. The largest absolute Gasteiger partial charge is 0.317 e. The molecule has 0 unspecified atom stereocenters. The number of rotatable bonds is 7. The maximum Gasteiger partial charge on any atom is 0.0233 e. The fourth-order valence-corrected chi connectivity index (χ4v) is 3.25. The summed E-state index contributed by atoms with van der Waals surface area (Å²) >= 11 is 0. The van der Waals surface area contributed by atoms with E-state index in [0.717, 1.165) is 24.9 Å². The molecule has 0 bridgehead atoms. The van der Waals surface area contributed by atoms with Crippen LogP contribution in [0.5, 0.6) is 0 Å². The lowest BCUT2D eigenvalue weighted by Crippen LogP contribution is -2.35. The minimum Gasteiger partial charge on any atom is -0.317 e. The Balaban J connectivity index is 1.85. The Morgan fingerprint density at radius 2 is 1.71 bits per heavy atom. The number of nitrogens with zero attached hydrogens (tertiary/aromatic N) is 1. The van der Waals surface area contributed by atoms with Gasteiger partial charge in [0.05, 0.1) is 0 Å². The van der Waals surface area contributed by atoms with Crippen LogP contribution in [0.2, 0.25) is 0 Å². The van der Waals surface area contributed by atoms with E-state index < -0.39 is 0 Å². The van der Waals surface area contributed by atoms with Crippen LogP contribution in [0, 0.1) is 11.8 Å². The Morgan fingerprint density at radius 3 is 2.29 bits per heavy atom. The standard InChI is InChI=1S/C19H32N2/c1-4-21(15-19-9-11-20-12-10-19)14-18-7-5-17(6-8-18)13-16(2)3/h5-8,16,19-20H,4,9-15H2,1-3H3. The van der Waals surface area contributed by atoms with Crippen LogP contribution >= 0.6 is 0 Å². The van der Waals surface area contributed by atoms with E-state index in [-0.39, 0.29) is 0 Å². The fourth-order valence-electron chi connectivity index (χ4n) is 3.25. The van der Waals surface area contributed by atoms with Crippen molar-refractivity contribution in [3.8, 4) is 0 Å². The van der Waals surface area contributed by atoms with Crippen LogP contribution in [0.25, 0.3) is 0 Å². The van der Waals surface area contributed by atoms with Crippen molar-refractivity contribution in [2.24, 2.45) is 11.8 Å². The van der Waals surface area contributed by atoms with Gasteiger partial charge in [-0.05, 0) is 61.9 Å². The lowest BCUT2D eigenvalue weighted by atomic mass is 9.97. The predicted octanol–water partition coefficient (Wildman–Crippen LogP) is 3.71. The normalized spacial score (nSPS) is 16.8. The molecule has 0 spiro atoms. The van der Waals surface area contributed by atoms with E-state index in [2.05, 4.69) is 55.3 Å². The molecule has 1 N–H and O–H groups in total. The van der Waals surface area contributed by atoms with Gasteiger partial charge in [0.1, 0.15) is 0 Å². The number of hydrogen-bond acceptors (Lipinski definition) is 2. The second-order valence-electron chi connectivity index (χ2n) is 6.94. The molecule has 0 aromatic heterocycles. The van der Waals surface area contributed by atoms with E-state index in [9.17, 15) is 0 Å². The van der Waals surface area contributed by atoms with Gasteiger partial charge in [0.25, 0.3) is 0 Å². The molecule has 1 saturated heterocycles. The van der Waals surface area contributed by atoms with Crippen molar-refractivity contribution >= 4 is 0 Å². The SMILES string of the molecule is CCN(Cc1ccc(CC(C)C)cc1)CC1CCNCC1. The number of nitrogens with one attached hydrogen (secondary N) is 1. The molecule has 1 aromatic rings. The molecule has 1 fully saturated rings. The number of benzene rings is 1. The molecule has 2 nitrogen and oxygen atoms in total. The molecule has 2 rings (SSSR count). The zero-order valence-electron chi connectivity index (χ0n) is 14.1. The Kier molecular flexibility index (Phi) is 6.72. The Labute approximate surface area is 130 Å². The van der Waals surface area contributed by atoms with Crippen LogP contribution < -0.4 is 5.32 Å². The molecule has 0 radical (unpaired) electrons. The summed E-state index contributed by atoms with van der Waals surface area (Å²) in [5, 5.41) is 3.46. The Hall–Kier alpha value is -0.860. The number of piperidine rings is 1. The molecule has 0 saturated carbocycles. The van der Waals surface area contributed by atoms with E-state index in [1.807, 2.05) is 0 Å². The van der Waals surface area contributed by atoms with E-state index >= 15 is 0 Å². The van der Waals surface area contributed by atoms with Crippen LogP contribution in [0.4, 0.5) is 0 Å². The van der Waals surface area contributed by atoms with Crippen molar-refractivity contribution in [3.63, 3.8) is 0 Å². The molecule has 0 atom stereocenters. The third kappa shape index (κ3) is 5.80. The first-order chi connectivity index (χ1) is 10.2. The molecule has 0 aliphatic carbocycles. The maximum absolute atomic E-state index is 3.46. The molecule has 118 valence electrons. The zero-order chi connectivity index (χ0) is 15.1. The van der Waals surface area contributed by atoms with Gasteiger partial charge in [0.15, 0.2) is 0 Å². The molecule has 0 amide bonds. The minimum atomic E-state index is 0.739. The highest BCUT2D eigenvalue weighted by molar-refractivity contribution is 5.22. The van der Waals surface area contributed by atoms with Gasteiger partial charge in [-0.25, -0.2) is 0 Å². The van der Waals surface area contributed by atoms with Crippen molar-refractivity contribution in [1.29, 1.82) is 0 Å². The van der Waals surface area contributed by atoms with Gasteiger partial charge in [0, 0.05) is 13.1 Å². The topological polar surface area (TPSA) is 15.3 Å². The van der Waals surface area contributed by atoms with E-state index in [4.69, 9.17) is 0 Å². The Bertz CT molecular complexity index is 391. The van der Waals surface area contributed by atoms with Crippen molar-refractivity contribution < 1.29 is 0 Å². The molecular weight excluding hydrogens is 256 g/mol. The van der Waals surface area contributed by atoms with Crippen molar-refractivity contribution in [1.82, 2.24) is 10.2 Å². The third-order valence-corrected chi connectivity index (χ3v) is 4.50. The average molecular weight is 288 g/mol. The minimum absolute atomic E-state index is 0.739. The van der Waals surface area contributed by atoms with Gasteiger partial charge in [0.2, 0.25) is 0 Å². The quantitative estimate of drug-likeness (QED) is 0.823. The zero-order valence-corrected chi connectivity index (χ0v) is 14.1. The molecule has 21 heavy (non-hydrogen) atoms. The fraction of sp³-hybridized carbons (Fsp3) is 0.684. The lowest BCUT2D eigenvalue weighted by molar-refractivity contribution is 0.207. The highest BCUT2D eigenvalue weighted by Gasteiger charge is 2.16. The van der Waals surface area contributed by atoms with Gasteiger partial charge in [-0.2, -0.15) is 0 Å². The molecule has 1 heterocycles. The molecule has 1 aliphatic heterocycles.